The van der Waals surface area contributed by atoms with Crippen LogP contribution in [-0.4, -0.2) is 18.2 Å². The molecule has 1 unspecified atom stereocenters. The number of nitrogens with two attached hydrogens (primary N) is 1. The maximum absolute atomic E-state index is 10.9. The Morgan fingerprint density at radius 2 is 1.80 bits per heavy atom. The fourth-order valence-corrected chi connectivity index (χ4v) is 0.926. The molecule has 0 spiro atoms. The Labute approximate surface area is 89.7 Å². The molecule has 0 radical (unpaired) electrons. The second-order valence-electron chi connectivity index (χ2n) is 2.59. The first-order chi connectivity index (χ1) is 7.15. The minimum atomic E-state index is -1.23. The number of hydrogen-bond donors (Lipinski definition) is 2. The smallest absolute Gasteiger partial charge is 0.339 e. The number of methoxy groups -OCH3 is 1. The fraction of sp³-hybridized carbons (Fsp3) is 0.364. The van der Waals surface area contributed by atoms with Gasteiger partial charge in [0.2, 0.25) is 0 Å². The summed E-state index contributed by atoms with van der Waals surface area (Å²) in [4.78, 5) is 10.9. The van der Waals surface area contributed by atoms with Crippen LogP contribution in [0, 0.1) is 0 Å². The summed E-state index contributed by atoms with van der Waals surface area (Å²) < 4.78 is 4.38. The number of rotatable bonds is 2. The Balaban J connectivity index is 0.000000921. The number of esters is 1. The number of nitrogen functional groups attached to an aromatic ring is 1. The molecule has 0 fully saturated rings. The Hall–Kier alpha value is -1.55. The molecule has 4 heteroatoms. The Kier molecular flexibility index (Phi) is 6.13. The van der Waals surface area contributed by atoms with Gasteiger partial charge in [0.1, 0.15) is 0 Å². The zero-order valence-electron chi connectivity index (χ0n) is 9.23. The quantitative estimate of drug-likeness (QED) is 0.574. The lowest BCUT2D eigenvalue weighted by atomic mass is 10.1. The van der Waals surface area contributed by atoms with Gasteiger partial charge < -0.3 is 15.6 Å². The molecule has 4 nitrogen and oxygen atoms in total. The van der Waals surface area contributed by atoms with Crippen LogP contribution in [0.1, 0.15) is 25.5 Å². The normalized spacial score (nSPS) is 10.9. The van der Waals surface area contributed by atoms with Gasteiger partial charge in [-0.25, -0.2) is 4.79 Å². The van der Waals surface area contributed by atoms with Crippen molar-refractivity contribution in [2.45, 2.75) is 20.0 Å². The standard InChI is InChI=1S/C9H11NO3.C2H6/c1-13-9(12)8(11)6-2-4-7(10)5-3-6;1-2/h2-5,8,11H,10H2,1H3;1-2H3. The highest BCUT2D eigenvalue weighted by Crippen LogP contribution is 2.15. The van der Waals surface area contributed by atoms with Crippen LogP contribution in [0.3, 0.4) is 0 Å². The molecule has 1 rings (SSSR count). The van der Waals surface area contributed by atoms with E-state index >= 15 is 0 Å². The maximum Gasteiger partial charge on any atom is 0.339 e. The molecule has 1 atom stereocenters. The first kappa shape index (κ1) is 13.4. The molecular weight excluding hydrogens is 194 g/mol. The second-order valence-corrected chi connectivity index (χ2v) is 2.59. The Morgan fingerprint density at radius 3 is 2.20 bits per heavy atom. The molecule has 3 N–H and O–H groups in total. The van der Waals surface area contributed by atoms with Crippen molar-refractivity contribution < 1.29 is 14.6 Å². The summed E-state index contributed by atoms with van der Waals surface area (Å²) in [7, 11) is 1.23. The van der Waals surface area contributed by atoms with Crippen molar-refractivity contribution >= 4 is 11.7 Å². The van der Waals surface area contributed by atoms with Gasteiger partial charge in [-0.15, -0.1) is 0 Å². The number of hydrogen-bond acceptors (Lipinski definition) is 4. The molecule has 0 aliphatic rings. The predicted molar refractivity (Wildman–Crippen MR) is 59.2 cm³/mol. The highest BCUT2D eigenvalue weighted by molar-refractivity contribution is 5.76. The second kappa shape index (κ2) is 6.84. The fourth-order valence-electron chi connectivity index (χ4n) is 0.926. The molecular formula is C11H17NO3. The lowest BCUT2D eigenvalue weighted by Crippen LogP contribution is -2.13. The van der Waals surface area contributed by atoms with E-state index in [0.717, 1.165) is 0 Å². The molecule has 0 saturated heterocycles. The van der Waals surface area contributed by atoms with Crippen molar-refractivity contribution in [3.8, 4) is 0 Å². The third-order valence-corrected chi connectivity index (χ3v) is 1.68. The van der Waals surface area contributed by atoms with Gasteiger partial charge in [0.25, 0.3) is 0 Å². The molecule has 0 aromatic heterocycles. The summed E-state index contributed by atoms with van der Waals surface area (Å²) in [5.74, 6) is -0.676. The van der Waals surface area contributed by atoms with Crippen LogP contribution in [0.15, 0.2) is 24.3 Å². The predicted octanol–water partition coefficient (Wildman–Crippen LogP) is 1.50. The molecule has 0 heterocycles. The molecule has 0 bridgehead atoms. The molecule has 0 saturated carbocycles. The first-order valence-corrected chi connectivity index (χ1v) is 4.76. The number of benzene rings is 1. The van der Waals surface area contributed by atoms with Crippen LogP contribution in [0.2, 0.25) is 0 Å². The van der Waals surface area contributed by atoms with Gasteiger partial charge in [0.15, 0.2) is 6.10 Å². The number of carbonyl (C=O) groups excluding carboxylic acids is 1. The SMILES string of the molecule is CC.COC(=O)C(O)c1ccc(N)cc1. The average molecular weight is 211 g/mol. The van der Waals surface area contributed by atoms with E-state index in [9.17, 15) is 9.90 Å². The minimum Gasteiger partial charge on any atom is -0.467 e. The van der Waals surface area contributed by atoms with E-state index < -0.39 is 12.1 Å². The maximum atomic E-state index is 10.9. The molecule has 84 valence electrons. The molecule has 0 aliphatic carbocycles. The number of ether oxygens (including phenoxy) is 1. The lowest BCUT2D eigenvalue weighted by molar-refractivity contribution is -0.150. The highest BCUT2D eigenvalue weighted by Gasteiger charge is 2.16. The highest BCUT2D eigenvalue weighted by atomic mass is 16.5. The summed E-state index contributed by atoms with van der Waals surface area (Å²) in [6.07, 6.45) is -1.23. The zero-order chi connectivity index (χ0) is 11.8. The third kappa shape index (κ3) is 3.99. The van der Waals surface area contributed by atoms with E-state index in [1.165, 1.54) is 7.11 Å². The number of aliphatic hydroxyl groups is 1. The van der Waals surface area contributed by atoms with Crippen LogP contribution >= 0.6 is 0 Å². The monoisotopic (exact) mass is 211 g/mol. The molecule has 15 heavy (non-hydrogen) atoms. The first-order valence-electron chi connectivity index (χ1n) is 4.76. The zero-order valence-corrected chi connectivity index (χ0v) is 9.23. The van der Waals surface area contributed by atoms with Gasteiger partial charge in [-0.1, -0.05) is 26.0 Å². The third-order valence-electron chi connectivity index (χ3n) is 1.68. The van der Waals surface area contributed by atoms with Gasteiger partial charge in [0.05, 0.1) is 7.11 Å². The van der Waals surface area contributed by atoms with Crippen LogP contribution in [0.25, 0.3) is 0 Å². The van der Waals surface area contributed by atoms with Crippen molar-refractivity contribution in [2.75, 3.05) is 12.8 Å². The van der Waals surface area contributed by atoms with Crippen molar-refractivity contribution in [3.63, 3.8) is 0 Å². The van der Waals surface area contributed by atoms with E-state index in [-0.39, 0.29) is 0 Å². The number of carbonyl (C=O) groups is 1. The van der Waals surface area contributed by atoms with Gasteiger partial charge >= 0.3 is 5.97 Å². The summed E-state index contributed by atoms with van der Waals surface area (Å²) in [5.41, 5.74) is 6.49. The molecule has 1 aromatic carbocycles. The topological polar surface area (TPSA) is 72.5 Å². The van der Waals surface area contributed by atoms with E-state index in [1.54, 1.807) is 24.3 Å². The number of aliphatic hydroxyl groups excluding tert-OH is 1. The summed E-state index contributed by atoms with van der Waals surface area (Å²) in [6.45, 7) is 4.00. The minimum absolute atomic E-state index is 0.473. The largest absolute Gasteiger partial charge is 0.467 e. The van der Waals surface area contributed by atoms with E-state index in [1.807, 2.05) is 13.8 Å². The van der Waals surface area contributed by atoms with Crippen molar-refractivity contribution in [3.05, 3.63) is 29.8 Å². The molecule has 0 amide bonds. The van der Waals surface area contributed by atoms with Gasteiger partial charge in [-0.05, 0) is 17.7 Å². The molecule has 1 aromatic rings. The summed E-state index contributed by atoms with van der Waals surface area (Å²) in [5, 5.41) is 9.36. The number of anilines is 1. The summed E-state index contributed by atoms with van der Waals surface area (Å²) in [6, 6.07) is 6.39. The van der Waals surface area contributed by atoms with Crippen LogP contribution < -0.4 is 5.73 Å². The van der Waals surface area contributed by atoms with Crippen molar-refractivity contribution in [1.82, 2.24) is 0 Å². The van der Waals surface area contributed by atoms with Gasteiger partial charge in [-0.3, -0.25) is 0 Å². The van der Waals surface area contributed by atoms with Crippen LogP contribution in [-0.2, 0) is 9.53 Å². The average Bonchev–Trinajstić information content (AvgIpc) is 2.31. The van der Waals surface area contributed by atoms with E-state index in [2.05, 4.69) is 4.74 Å². The van der Waals surface area contributed by atoms with Gasteiger partial charge in [-0.2, -0.15) is 0 Å². The van der Waals surface area contributed by atoms with Gasteiger partial charge in [0, 0.05) is 5.69 Å². The Bertz CT molecular complexity index is 295. The van der Waals surface area contributed by atoms with Crippen LogP contribution in [0.4, 0.5) is 5.69 Å². The summed E-state index contributed by atoms with van der Waals surface area (Å²) >= 11 is 0. The van der Waals surface area contributed by atoms with Crippen molar-refractivity contribution in [2.24, 2.45) is 0 Å². The van der Waals surface area contributed by atoms with Crippen LogP contribution in [0.5, 0.6) is 0 Å². The van der Waals surface area contributed by atoms with E-state index in [4.69, 9.17) is 5.73 Å². The Morgan fingerprint density at radius 1 is 1.33 bits per heavy atom. The van der Waals surface area contributed by atoms with E-state index in [0.29, 0.717) is 11.3 Å². The lowest BCUT2D eigenvalue weighted by Gasteiger charge is -2.07. The molecule has 0 aliphatic heterocycles. The van der Waals surface area contributed by atoms with Crippen molar-refractivity contribution in [1.29, 1.82) is 0 Å².